The molecule has 1 aromatic rings. The van der Waals surface area contributed by atoms with Crippen molar-refractivity contribution < 1.29 is 29.1 Å². The zero-order valence-corrected chi connectivity index (χ0v) is 28.2. The molecule has 260 valence electrons. The van der Waals surface area contributed by atoms with Gasteiger partial charge in [-0.25, -0.2) is 4.98 Å². The average Bonchev–Trinajstić information content (AvgIpc) is 3.75. The lowest BCUT2D eigenvalue weighted by atomic mass is 9.82. The standard InChI is InChI=1S/C34H53N7O6/c1-5-10-24(27(42)32(46)37-21-15-16-21)39-29(43)22-13-9-14-23(22)38-33(47)28(34(2,3)4)41-31(45)26(20-11-7-6-8-12-20)40-30(44)25-19-35-17-18-36-25/h17-24,26-28,42H,5-16H2,1-4H3,(H,37,46)(H,38,47)(H,39,43)(H,40,44)(H,41,45)/t22-,23+,24?,26+,27?,28-/m1/s1. The summed E-state index contributed by atoms with van der Waals surface area (Å²) in [6.07, 6.45) is 12.1. The first-order valence-electron chi connectivity index (χ1n) is 17.4. The van der Waals surface area contributed by atoms with Crippen LogP contribution in [0.3, 0.4) is 0 Å². The van der Waals surface area contributed by atoms with Gasteiger partial charge in [-0.2, -0.15) is 0 Å². The first kappa shape index (κ1) is 36.2. The monoisotopic (exact) mass is 655 g/mol. The molecule has 3 aliphatic rings. The number of carbonyl (C=O) groups excluding carboxylic acids is 5. The van der Waals surface area contributed by atoms with E-state index in [4.69, 9.17) is 0 Å². The van der Waals surface area contributed by atoms with Crippen LogP contribution >= 0.6 is 0 Å². The van der Waals surface area contributed by atoms with Gasteiger partial charge in [-0.1, -0.05) is 59.8 Å². The molecule has 0 aliphatic heterocycles. The number of carbonyl (C=O) groups is 5. The molecule has 2 unspecified atom stereocenters. The second kappa shape index (κ2) is 16.5. The van der Waals surface area contributed by atoms with Gasteiger partial charge in [0, 0.05) is 24.5 Å². The molecule has 3 fully saturated rings. The molecular weight excluding hydrogens is 602 g/mol. The quantitative estimate of drug-likeness (QED) is 0.175. The Hall–Kier alpha value is -3.61. The summed E-state index contributed by atoms with van der Waals surface area (Å²) in [7, 11) is 0. The van der Waals surface area contributed by atoms with Crippen molar-refractivity contribution >= 4 is 29.5 Å². The third-order valence-corrected chi connectivity index (χ3v) is 9.58. The van der Waals surface area contributed by atoms with Crippen LogP contribution in [-0.4, -0.2) is 80.9 Å². The lowest BCUT2D eigenvalue weighted by molar-refractivity contribution is -0.135. The van der Waals surface area contributed by atoms with E-state index in [0.29, 0.717) is 25.7 Å². The van der Waals surface area contributed by atoms with Crippen molar-refractivity contribution in [2.75, 3.05) is 0 Å². The highest BCUT2D eigenvalue weighted by Gasteiger charge is 2.42. The molecule has 0 spiro atoms. The van der Waals surface area contributed by atoms with Crippen molar-refractivity contribution in [2.45, 2.75) is 141 Å². The van der Waals surface area contributed by atoms with Crippen LogP contribution in [0.5, 0.6) is 0 Å². The van der Waals surface area contributed by atoms with Gasteiger partial charge in [0.05, 0.1) is 18.2 Å². The first-order chi connectivity index (χ1) is 22.4. The molecule has 47 heavy (non-hydrogen) atoms. The maximum absolute atomic E-state index is 13.9. The van der Waals surface area contributed by atoms with Gasteiger partial charge < -0.3 is 31.7 Å². The summed E-state index contributed by atoms with van der Waals surface area (Å²) in [5, 5.41) is 25.3. The lowest BCUT2D eigenvalue weighted by Crippen LogP contribution is -2.61. The predicted molar refractivity (Wildman–Crippen MR) is 175 cm³/mol. The predicted octanol–water partition coefficient (Wildman–Crippen LogP) is 1.90. The molecule has 5 amide bonds. The molecule has 6 atom stereocenters. The van der Waals surface area contributed by atoms with E-state index in [1.165, 1.54) is 18.6 Å². The summed E-state index contributed by atoms with van der Waals surface area (Å²) >= 11 is 0. The van der Waals surface area contributed by atoms with Crippen molar-refractivity contribution in [3.8, 4) is 0 Å². The number of aliphatic hydroxyl groups excluding tert-OH is 1. The molecular formula is C34H53N7O6. The molecule has 4 rings (SSSR count). The van der Waals surface area contributed by atoms with Crippen molar-refractivity contribution in [3.63, 3.8) is 0 Å². The van der Waals surface area contributed by atoms with Gasteiger partial charge in [-0.3, -0.25) is 29.0 Å². The molecule has 13 nitrogen and oxygen atoms in total. The number of nitrogens with one attached hydrogen (secondary N) is 5. The summed E-state index contributed by atoms with van der Waals surface area (Å²) in [6, 6.07) is -2.92. The van der Waals surface area contributed by atoms with Gasteiger partial charge in [0.25, 0.3) is 11.8 Å². The normalized spacial score (nSPS) is 22.7. The third kappa shape index (κ3) is 10.2. The van der Waals surface area contributed by atoms with Gasteiger partial charge in [-0.15, -0.1) is 0 Å². The Balaban J connectivity index is 1.43. The fraction of sp³-hybridized carbons (Fsp3) is 0.735. The number of amides is 5. The van der Waals surface area contributed by atoms with E-state index in [1.807, 2.05) is 27.7 Å². The summed E-state index contributed by atoms with van der Waals surface area (Å²) < 4.78 is 0. The van der Waals surface area contributed by atoms with E-state index in [0.717, 1.165) is 51.4 Å². The number of nitrogens with zero attached hydrogens (tertiary/aromatic N) is 2. The SMILES string of the molecule is CCCC(NC(=O)[C@@H]1CCC[C@@H]1NC(=O)[C@@H](NC(=O)[C@@H](NC(=O)c1cnccn1)C1CCCCC1)C(C)(C)C)C(O)C(=O)NC1CC1. The number of rotatable bonds is 14. The summed E-state index contributed by atoms with van der Waals surface area (Å²) in [6.45, 7) is 7.48. The van der Waals surface area contributed by atoms with Crippen LogP contribution in [0, 0.1) is 17.3 Å². The van der Waals surface area contributed by atoms with Crippen LogP contribution in [0.15, 0.2) is 18.6 Å². The Bertz CT molecular complexity index is 1250. The van der Waals surface area contributed by atoms with Crippen molar-refractivity contribution in [3.05, 3.63) is 24.3 Å². The van der Waals surface area contributed by atoms with Crippen LogP contribution in [0.1, 0.15) is 115 Å². The Morgan fingerprint density at radius 2 is 1.57 bits per heavy atom. The Morgan fingerprint density at radius 3 is 2.19 bits per heavy atom. The zero-order chi connectivity index (χ0) is 34.1. The topological polar surface area (TPSA) is 192 Å². The number of hydrogen-bond acceptors (Lipinski definition) is 8. The maximum Gasteiger partial charge on any atom is 0.272 e. The molecule has 6 N–H and O–H groups in total. The molecule has 13 heteroatoms. The zero-order valence-electron chi connectivity index (χ0n) is 28.2. The van der Waals surface area contributed by atoms with E-state index in [-0.39, 0.29) is 23.6 Å². The highest BCUT2D eigenvalue weighted by molar-refractivity contribution is 5.97. The van der Waals surface area contributed by atoms with Gasteiger partial charge in [0.1, 0.15) is 17.8 Å². The van der Waals surface area contributed by atoms with Crippen LogP contribution < -0.4 is 26.6 Å². The minimum atomic E-state index is -1.36. The molecule has 1 aromatic heterocycles. The summed E-state index contributed by atoms with van der Waals surface area (Å²) in [5.74, 6) is -2.78. The highest BCUT2D eigenvalue weighted by Crippen LogP contribution is 2.30. The molecule has 0 aromatic carbocycles. The largest absolute Gasteiger partial charge is 0.381 e. The van der Waals surface area contributed by atoms with Crippen LogP contribution in [-0.2, 0) is 19.2 Å². The lowest BCUT2D eigenvalue weighted by Gasteiger charge is -2.35. The van der Waals surface area contributed by atoms with Crippen molar-refractivity contribution in [1.82, 2.24) is 36.6 Å². The Morgan fingerprint density at radius 1 is 0.851 bits per heavy atom. The van der Waals surface area contributed by atoms with Crippen LogP contribution in [0.25, 0.3) is 0 Å². The Kier molecular flexibility index (Phi) is 12.7. The molecule has 3 aliphatic carbocycles. The highest BCUT2D eigenvalue weighted by atomic mass is 16.3. The van der Waals surface area contributed by atoms with Crippen molar-refractivity contribution in [2.24, 2.45) is 17.3 Å². The smallest absolute Gasteiger partial charge is 0.272 e. The first-order valence-corrected chi connectivity index (χ1v) is 17.4. The number of hydrogen-bond donors (Lipinski definition) is 6. The summed E-state index contributed by atoms with van der Waals surface area (Å²) in [4.78, 5) is 74.8. The van der Waals surface area contributed by atoms with E-state index < -0.39 is 65.2 Å². The second-order valence-corrected chi connectivity index (χ2v) is 14.5. The molecule has 0 bridgehead atoms. The minimum Gasteiger partial charge on any atom is -0.381 e. The fourth-order valence-corrected chi connectivity index (χ4v) is 6.72. The molecule has 1 heterocycles. The van der Waals surface area contributed by atoms with E-state index in [1.54, 1.807) is 0 Å². The number of aliphatic hydroxyl groups is 1. The fourth-order valence-electron chi connectivity index (χ4n) is 6.72. The minimum absolute atomic E-state index is 0.0891. The summed E-state index contributed by atoms with van der Waals surface area (Å²) in [5.41, 5.74) is -0.582. The van der Waals surface area contributed by atoms with Crippen LogP contribution in [0.4, 0.5) is 0 Å². The number of aromatic nitrogens is 2. The average molecular weight is 656 g/mol. The third-order valence-electron chi connectivity index (χ3n) is 9.58. The van der Waals surface area contributed by atoms with Gasteiger partial charge in [0.15, 0.2) is 6.10 Å². The van der Waals surface area contributed by atoms with E-state index in [9.17, 15) is 29.1 Å². The van der Waals surface area contributed by atoms with Gasteiger partial charge in [0.2, 0.25) is 17.7 Å². The van der Waals surface area contributed by atoms with Crippen LogP contribution in [0.2, 0.25) is 0 Å². The molecule has 3 saturated carbocycles. The van der Waals surface area contributed by atoms with Gasteiger partial charge in [-0.05, 0) is 56.3 Å². The van der Waals surface area contributed by atoms with E-state index in [2.05, 4.69) is 36.6 Å². The molecule has 0 saturated heterocycles. The van der Waals surface area contributed by atoms with Crippen molar-refractivity contribution in [1.29, 1.82) is 0 Å². The van der Waals surface area contributed by atoms with E-state index >= 15 is 0 Å². The second-order valence-electron chi connectivity index (χ2n) is 14.5. The molecule has 0 radical (unpaired) electrons. The maximum atomic E-state index is 13.9. The Labute approximate surface area is 277 Å². The van der Waals surface area contributed by atoms with Gasteiger partial charge >= 0.3 is 0 Å².